The van der Waals surface area contributed by atoms with E-state index in [9.17, 15) is 4.79 Å². The molecule has 0 bridgehead atoms. The maximum Gasteiger partial charge on any atom is 0.257 e. The van der Waals surface area contributed by atoms with Crippen LogP contribution in [0, 0.1) is 12.3 Å². The third-order valence-corrected chi connectivity index (χ3v) is 5.63. The molecule has 152 valence electrons. The first kappa shape index (κ1) is 21.1. The third-order valence-electron chi connectivity index (χ3n) is 5.63. The fourth-order valence-electron chi connectivity index (χ4n) is 3.70. The summed E-state index contributed by atoms with van der Waals surface area (Å²) in [6, 6.07) is 18.0. The van der Waals surface area contributed by atoms with Gasteiger partial charge in [-0.25, -0.2) is 4.68 Å². The number of hydrogen-bond donors (Lipinski definition) is 1. The lowest BCUT2D eigenvalue weighted by Crippen LogP contribution is -2.34. The lowest BCUT2D eigenvalue weighted by Gasteiger charge is -2.22. The first-order chi connectivity index (χ1) is 13.5. The highest BCUT2D eigenvalue weighted by Crippen LogP contribution is 2.32. The van der Waals surface area contributed by atoms with Gasteiger partial charge in [0.05, 0.1) is 11.3 Å². The fraction of sp³-hybridized carbons (Fsp3) is 0.304. The Hall–Kier alpha value is -2.63. The zero-order valence-corrected chi connectivity index (χ0v) is 17.7. The Morgan fingerprint density at radius 2 is 1.83 bits per heavy atom. The molecule has 0 saturated carbocycles. The van der Waals surface area contributed by atoms with Crippen LogP contribution in [-0.2, 0) is 0 Å². The minimum atomic E-state index is -0.00444. The molecule has 5 nitrogen and oxygen atoms in total. The van der Waals surface area contributed by atoms with Crippen LogP contribution in [0.2, 0.25) is 0 Å². The molecule has 4 rings (SSSR count). The lowest BCUT2D eigenvalue weighted by atomic mass is 9.90. The Bertz CT molecular complexity index is 984. The quantitative estimate of drug-likeness (QED) is 0.704. The van der Waals surface area contributed by atoms with Crippen molar-refractivity contribution in [2.45, 2.75) is 20.3 Å². The lowest BCUT2D eigenvalue weighted by molar-refractivity contribution is 0.0777. The molecule has 1 aromatic heterocycles. The van der Waals surface area contributed by atoms with Gasteiger partial charge in [0.15, 0.2) is 0 Å². The van der Waals surface area contributed by atoms with Crippen molar-refractivity contribution in [2.75, 3.05) is 19.6 Å². The van der Waals surface area contributed by atoms with Crippen molar-refractivity contribution in [1.82, 2.24) is 14.7 Å². The van der Waals surface area contributed by atoms with E-state index in [2.05, 4.69) is 13.8 Å². The van der Waals surface area contributed by atoms with Crippen LogP contribution >= 0.6 is 12.4 Å². The number of amides is 1. The SMILES string of the molecule is Cc1ccc(-n2cc(C(=O)N3CCC(C)(CN)C3)c(-c3ccccc3)n2)cc1.Cl. The number of benzene rings is 2. The second-order valence-electron chi connectivity index (χ2n) is 8.03. The standard InChI is InChI=1S/C23H26N4O.ClH/c1-17-8-10-19(11-9-17)27-14-20(21(25-27)18-6-4-3-5-7-18)22(28)26-13-12-23(2,15-24)16-26;/h3-11,14H,12-13,15-16,24H2,1-2H3;1H. The molecule has 3 aromatic rings. The molecule has 2 aromatic carbocycles. The minimum absolute atomic E-state index is 0. The maximum absolute atomic E-state index is 13.4. The van der Waals surface area contributed by atoms with Gasteiger partial charge in [0.2, 0.25) is 0 Å². The van der Waals surface area contributed by atoms with Gasteiger partial charge in [-0.15, -0.1) is 12.4 Å². The zero-order chi connectivity index (χ0) is 19.7. The Balaban J connectivity index is 0.00000240. The summed E-state index contributed by atoms with van der Waals surface area (Å²) in [6.45, 7) is 6.21. The second kappa shape index (κ2) is 8.39. The normalized spacial score (nSPS) is 18.5. The zero-order valence-electron chi connectivity index (χ0n) is 16.8. The Morgan fingerprint density at radius 3 is 2.45 bits per heavy atom. The molecule has 1 aliphatic rings. The number of rotatable bonds is 4. The predicted molar refractivity (Wildman–Crippen MR) is 119 cm³/mol. The molecule has 2 N–H and O–H groups in total. The summed E-state index contributed by atoms with van der Waals surface area (Å²) in [5, 5.41) is 4.77. The molecule has 6 heteroatoms. The van der Waals surface area contributed by atoms with Gasteiger partial charge in [0, 0.05) is 24.8 Å². The summed E-state index contributed by atoms with van der Waals surface area (Å²) in [5.41, 5.74) is 10.3. The van der Waals surface area contributed by atoms with Crippen LogP contribution in [0.25, 0.3) is 16.9 Å². The van der Waals surface area contributed by atoms with Gasteiger partial charge in [-0.2, -0.15) is 5.10 Å². The first-order valence-corrected chi connectivity index (χ1v) is 9.71. The summed E-state index contributed by atoms with van der Waals surface area (Å²) in [7, 11) is 0. The van der Waals surface area contributed by atoms with Crippen LogP contribution < -0.4 is 5.73 Å². The number of hydrogen-bond acceptors (Lipinski definition) is 3. The van der Waals surface area contributed by atoms with Crippen LogP contribution in [0.3, 0.4) is 0 Å². The summed E-state index contributed by atoms with van der Waals surface area (Å²) in [6.07, 6.45) is 2.79. The van der Waals surface area contributed by atoms with Gasteiger partial charge in [-0.05, 0) is 37.4 Å². The first-order valence-electron chi connectivity index (χ1n) is 9.71. The molecule has 0 aliphatic carbocycles. The highest BCUT2D eigenvalue weighted by atomic mass is 35.5. The van der Waals surface area contributed by atoms with Crippen molar-refractivity contribution in [3.8, 4) is 16.9 Å². The van der Waals surface area contributed by atoms with Gasteiger partial charge in [-0.1, -0.05) is 55.0 Å². The van der Waals surface area contributed by atoms with Crippen molar-refractivity contribution < 1.29 is 4.79 Å². The van der Waals surface area contributed by atoms with Crippen molar-refractivity contribution in [3.05, 3.63) is 71.9 Å². The van der Waals surface area contributed by atoms with Crippen LogP contribution in [0.1, 0.15) is 29.3 Å². The van der Waals surface area contributed by atoms with E-state index in [4.69, 9.17) is 10.8 Å². The number of carbonyl (C=O) groups is 1. The smallest absolute Gasteiger partial charge is 0.257 e. The van der Waals surface area contributed by atoms with Crippen LogP contribution in [0.5, 0.6) is 0 Å². The third kappa shape index (κ3) is 4.21. The van der Waals surface area contributed by atoms with E-state index in [0.29, 0.717) is 24.3 Å². The van der Waals surface area contributed by atoms with Crippen LogP contribution in [0.15, 0.2) is 60.8 Å². The predicted octanol–water partition coefficient (Wildman–Crippen LogP) is 4.08. The number of aryl methyl sites for hydroxylation is 1. The average Bonchev–Trinajstić information content (AvgIpc) is 3.34. The fourth-order valence-corrected chi connectivity index (χ4v) is 3.70. The summed E-state index contributed by atoms with van der Waals surface area (Å²) >= 11 is 0. The molecule has 2 heterocycles. The van der Waals surface area contributed by atoms with E-state index in [-0.39, 0.29) is 23.7 Å². The van der Waals surface area contributed by atoms with Gasteiger partial charge in [-0.3, -0.25) is 4.79 Å². The van der Waals surface area contributed by atoms with Gasteiger partial charge in [0.1, 0.15) is 5.69 Å². The summed E-state index contributed by atoms with van der Waals surface area (Å²) in [5.74, 6) is 0.0226. The minimum Gasteiger partial charge on any atom is -0.338 e. The van der Waals surface area contributed by atoms with E-state index < -0.39 is 0 Å². The highest BCUT2D eigenvalue weighted by molar-refractivity contribution is 6.00. The number of nitrogens with two attached hydrogens (primary N) is 1. The molecule has 1 fully saturated rings. The maximum atomic E-state index is 13.4. The number of halogens is 1. The average molecular weight is 411 g/mol. The molecule has 1 unspecified atom stereocenters. The summed E-state index contributed by atoms with van der Waals surface area (Å²) in [4.78, 5) is 15.3. The summed E-state index contributed by atoms with van der Waals surface area (Å²) < 4.78 is 1.80. The van der Waals surface area contributed by atoms with E-state index >= 15 is 0 Å². The highest BCUT2D eigenvalue weighted by Gasteiger charge is 2.36. The largest absolute Gasteiger partial charge is 0.338 e. The van der Waals surface area contributed by atoms with Gasteiger partial charge >= 0.3 is 0 Å². The monoisotopic (exact) mass is 410 g/mol. The number of carbonyl (C=O) groups excluding carboxylic acids is 1. The molecular weight excluding hydrogens is 384 g/mol. The van der Waals surface area contributed by atoms with Crippen molar-refractivity contribution in [3.63, 3.8) is 0 Å². The van der Waals surface area contributed by atoms with Crippen molar-refractivity contribution >= 4 is 18.3 Å². The number of nitrogens with zero attached hydrogens (tertiary/aromatic N) is 3. The Morgan fingerprint density at radius 1 is 1.14 bits per heavy atom. The van der Waals surface area contributed by atoms with E-state index in [1.54, 1.807) is 4.68 Å². The van der Waals surface area contributed by atoms with Crippen LogP contribution in [-0.4, -0.2) is 40.2 Å². The molecule has 1 aliphatic heterocycles. The molecular formula is C23H27ClN4O. The van der Waals surface area contributed by atoms with Crippen molar-refractivity contribution in [2.24, 2.45) is 11.1 Å². The second-order valence-corrected chi connectivity index (χ2v) is 8.03. The van der Waals surface area contributed by atoms with Gasteiger partial charge in [0.25, 0.3) is 5.91 Å². The Labute approximate surface area is 177 Å². The molecule has 1 saturated heterocycles. The van der Waals surface area contributed by atoms with Crippen molar-refractivity contribution in [1.29, 1.82) is 0 Å². The molecule has 0 radical (unpaired) electrons. The Kier molecular flexibility index (Phi) is 6.10. The van der Waals surface area contributed by atoms with E-state index in [0.717, 1.165) is 24.2 Å². The van der Waals surface area contributed by atoms with Crippen LogP contribution in [0.4, 0.5) is 0 Å². The topological polar surface area (TPSA) is 64.2 Å². The molecule has 1 amide bonds. The van der Waals surface area contributed by atoms with E-state index in [1.807, 2.05) is 65.7 Å². The molecule has 1 atom stereocenters. The number of aromatic nitrogens is 2. The molecule has 29 heavy (non-hydrogen) atoms. The molecule has 0 spiro atoms. The number of likely N-dealkylation sites (tertiary alicyclic amines) is 1. The van der Waals surface area contributed by atoms with E-state index in [1.165, 1.54) is 5.56 Å². The van der Waals surface area contributed by atoms with Gasteiger partial charge < -0.3 is 10.6 Å².